The minimum Gasteiger partial charge on any atom is -0.438 e. The highest BCUT2D eigenvalue weighted by atomic mass is 32.1. The van der Waals surface area contributed by atoms with Crippen LogP contribution in [-0.4, -0.2) is 9.97 Å². The Balaban J connectivity index is 2.27. The highest BCUT2D eigenvalue weighted by molar-refractivity contribution is 7.80. The molecule has 0 fully saturated rings. The second-order valence-corrected chi connectivity index (χ2v) is 5.59. The Morgan fingerprint density at radius 2 is 1.95 bits per heavy atom. The van der Waals surface area contributed by atoms with E-state index < -0.39 is 0 Å². The molecule has 3 nitrogen and oxygen atoms in total. The van der Waals surface area contributed by atoms with E-state index in [0.717, 1.165) is 17.7 Å². The van der Waals surface area contributed by atoms with Crippen LogP contribution in [0.25, 0.3) is 0 Å². The van der Waals surface area contributed by atoms with Gasteiger partial charge in [0.05, 0.1) is 5.56 Å². The van der Waals surface area contributed by atoms with Crippen molar-refractivity contribution in [3.63, 3.8) is 0 Å². The third-order valence-corrected chi connectivity index (χ3v) is 3.85. The van der Waals surface area contributed by atoms with Crippen LogP contribution in [0.1, 0.15) is 42.9 Å². The largest absolute Gasteiger partial charge is 0.438 e. The van der Waals surface area contributed by atoms with Gasteiger partial charge >= 0.3 is 0 Å². The van der Waals surface area contributed by atoms with E-state index in [1.165, 1.54) is 5.56 Å². The third kappa shape index (κ3) is 3.58. The number of rotatable bonds is 5. The number of hydrogen-bond acceptors (Lipinski definition) is 3. The summed E-state index contributed by atoms with van der Waals surface area (Å²) in [7, 11) is 0. The molecule has 21 heavy (non-hydrogen) atoms. The molecule has 1 unspecified atom stereocenters. The minimum atomic E-state index is 0.298. The summed E-state index contributed by atoms with van der Waals surface area (Å²) in [5, 5.41) is 0. The molecule has 4 heteroatoms. The molecule has 2 aromatic rings. The Morgan fingerprint density at radius 1 is 1.29 bits per heavy atom. The highest BCUT2D eigenvalue weighted by Gasteiger charge is 2.12. The third-order valence-electron chi connectivity index (χ3n) is 3.65. The van der Waals surface area contributed by atoms with Crippen molar-refractivity contribution in [2.75, 3.05) is 0 Å². The van der Waals surface area contributed by atoms with E-state index in [4.69, 9.17) is 22.7 Å². The fourth-order valence-corrected chi connectivity index (χ4v) is 2.37. The zero-order chi connectivity index (χ0) is 15.4. The van der Waals surface area contributed by atoms with Crippen molar-refractivity contribution >= 4 is 17.2 Å². The van der Waals surface area contributed by atoms with E-state index in [9.17, 15) is 0 Å². The summed E-state index contributed by atoms with van der Waals surface area (Å²) in [6.07, 6.45) is 2.81. The van der Waals surface area contributed by atoms with Gasteiger partial charge in [-0.25, -0.2) is 4.98 Å². The smallest absolute Gasteiger partial charge is 0.229 e. The van der Waals surface area contributed by atoms with Crippen LogP contribution in [0.4, 0.5) is 0 Å². The van der Waals surface area contributed by atoms with Crippen LogP contribution in [0.3, 0.4) is 0 Å². The summed E-state index contributed by atoms with van der Waals surface area (Å²) in [6, 6.07) is 9.94. The van der Waals surface area contributed by atoms with E-state index in [1.807, 2.05) is 25.1 Å². The maximum atomic E-state index is 5.84. The molecular weight excluding hydrogens is 280 g/mol. The number of aryl methyl sites for hydroxylation is 1. The van der Waals surface area contributed by atoms with Crippen LogP contribution in [0.15, 0.2) is 36.5 Å². The minimum absolute atomic E-state index is 0.298. The lowest BCUT2D eigenvalue weighted by Crippen LogP contribution is -2.13. The first kappa shape index (κ1) is 15.4. The van der Waals surface area contributed by atoms with Gasteiger partial charge in [-0.15, -0.1) is 0 Å². The van der Waals surface area contributed by atoms with Gasteiger partial charge in [-0.3, -0.25) is 0 Å². The van der Waals surface area contributed by atoms with E-state index in [1.54, 1.807) is 6.20 Å². The van der Waals surface area contributed by atoms with E-state index in [0.29, 0.717) is 22.3 Å². The fourth-order valence-electron chi connectivity index (χ4n) is 2.12. The molecule has 2 N–H and O–H groups in total. The summed E-state index contributed by atoms with van der Waals surface area (Å²) >= 11 is 5.08. The summed E-state index contributed by atoms with van der Waals surface area (Å²) in [5.41, 5.74) is 8.72. The molecule has 0 amide bonds. The van der Waals surface area contributed by atoms with Gasteiger partial charge in [0.15, 0.2) is 0 Å². The van der Waals surface area contributed by atoms with Crippen molar-refractivity contribution in [2.45, 2.75) is 33.1 Å². The molecule has 110 valence electrons. The highest BCUT2D eigenvalue weighted by Crippen LogP contribution is 2.27. The zero-order valence-electron chi connectivity index (χ0n) is 12.6. The predicted molar refractivity (Wildman–Crippen MR) is 90.1 cm³/mol. The van der Waals surface area contributed by atoms with Gasteiger partial charge in [0.1, 0.15) is 10.7 Å². The number of ether oxygens (including phenoxy) is 1. The molecule has 0 bridgehead atoms. The van der Waals surface area contributed by atoms with Crippen molar-refractivity contribution in [1.82, 2.24) is 4.98 Å². The Kier molecular flexibility index (Phi) is 4.91. The molecule has 1 atom stereocenters. The van der Waals surface area contributed by atoms with Crippen molar-refractivity contribution in [3.8, 4) is 11.6 Å². The van der Waals surface area contributed by atoms with Crippen molar-refractivity contribution in [1.29, 1.82) is 0 Å². The topological polar surface area (TPSA) is 48.1 Å². The molecule has 0 saturated heterocycles. The molecule has 1 aromatic carbocycles. The summed E-state index contributed by atoms with van der Waals surface area (Å²) in [5.74, 6) is 1.74. The van der Waals surface area contributed by atoms with Crippen LogP contribution in [0.5, 0.6) is 11.6 Å². The number of pyridine rings is 1. The second-order valence-electron chi connectivity index (χ2n) is 5.15. The Labute approximate surface area is 131 Å². The molecular formula is C17H20N2OS. The molecule has 0 aliphatic carbocycles. The lowest BCUT2D eigenvalue weighted by Gasteiger charge is -2.13. The second kappa shape index (κ2) is 6.68. The molecule has 0 aliphatic rings. The fraction of sp³-hybridized carbons (Fsp3) is 0.294. The van der Waals surface area contributed by atoms with Crippen LogP contribution < -0.4 is 10.5 Å². The van der Waals surface area contributed by atoms with E-state index in [2.05, 4.69) is 31.0 Å². The normalized spacial score (nSPS) is 12.0. The van der Waals surface area contributed by atoms with Crippen molar-refractivity contribution in [3.05, 3.63) is 53.2 Å². The first-order valence-corrected chi connectivity index (χ1v) is 7.47. The Hall–Kier alpha value is -1.94. The molecule has 0 radical (unpaired) electrons. The quantitative estimate of drug-likeness (QED) is 0.835. The Bertz CT molecular complexity index is 638. The summed E-state index contributed by atoms with van der Waals surface area (Å²) < 4.78 is 5.84. The number of nitrogens with zero attached hydrogens (tertiary/aromatic N) is 1. The first-order chi connectivity index (χ1) is 10.0. The molecule has 1 aromatic heterocycles. The maximum Gasteiger partial charge on any atom is 0.229 e. The van der Waals surface area contributed by atoms with Gasteiger partial charge in [0.25, 0.3) is 0 Å². The average molecular weight is 300 g/mol. The number of aromatic nitrogens is 1. The van der Waals surface area contributed by atoms with Gasteiger partial charge < -0.3 is 10.5 Å². The van der Waals surface area contributed by atoms with Gasteiger partial charge in [0.2, 0.25) is 5.88 Å². The molecule has 0 saturated carbocycles. The first-order valence-electron chi connectivity index (χ1n) is 7.06. The zero-order valence-corrected chi connectivity index (χ0v) is 13.4. The monoisotopic (exact) mass is 300 g/mol. The number of nitrogens with two attached hydrogens (primary N) is 1. The molecule has 0 aliphatic heterocycles. The van der Waals surface area contributed by atoms with Crippen LogP contribution in [0.2, 0.25) is 0 Å². The lowest BCUT2D eigenvalue weighted by atomic mass is 9.99. The molecule has 0 spiro atoms. The molecule has 1 heterocycles. The number of hydrogen-bond donors (Lipinski definition) is 1. The van der Waals surface area contributed by atoms with Gasteiger partial charge in [0, 0.05) is 6.20 Å². The molecule has 2 rings (SSSR count). The predicted octanol–water partition coefficient (Wildman–Crippen LogP) is 4.33. The maximum absolute atomic E-state index is 5.84. The Morgan fingerprint density at radius 3 is 2.52 bits per heavy atom. The average Bonchev–Trinajstić information content (AvgIpc) is 2.47. The van der Waals surface area contributed by atoms with Gasteiger partial charge in [-0.1, -0.05) is 38.2 Å². The van der Waals surface area contributed by atoms with E-state index >= 15 is 0 Å². The number of thiocarbonyl (C=S) groups is 1. The van der Waals surface area contributed by atoms with Crippen LogP contribution >= 0.6 is 12.2 Å². The van der Waals surface area contributed by atoms with Crippen molar-refractivity contribution < 1.29 is 4.74 Å². The SMILES string of the molecule is CCC(C)c1ccc(Oc2nccc(C)c2C(N)=S)cc1. The van der Waals surface area contributed by atoms with Gasteiger partial charge in [-0.2, -0.15) is 0 Å². The number of benzene rings is 1. The van der Waals surface area contributed by atoms with E-state index in [-0.39, 0.29) is 0 Å². The van der Waals surface area contributed by atoms with Gasteiger partial charge in [-0.05, 0) is 48.6 Å². The van der Waals surface area contributed by atoms with Crippen LogP contribution in [-0.2, 0) is 0 Å². The standard InChI is InChI=1S/C17H20N2OS/c1-4-11(2)13-5-7-14(8-6-13)20-17-15(16(18)21)12(3)9-10-19-17/h5-11H,4H2,1-3H3,(H2,18,21). The summed E-state index contributed by atoms with van der Waals surface area (Å²) in [4.78, 5) is 4.54. The van der Waals surface area contributed by atoms with Crippen LogP contribution in [0, 0.1) is 6.92 Å². The summed E-state index contributed by atoms with van der Waals surface area (Å²) in [6.45, 7) is 6.33. The lowest BCUT2D eigenvalue weighted by molar-refractivity contribution is 0.461. The van der Waals surface area contributed by atoms with Crippen molar-refractivity contribution in [2.24, 2.45) is 5.73 Å².